The van der Waals surface area contributed by atoms with E-state index in [-0.39, 0.29) is 0 Å². The molecular weight excluding hydrogens is 222 g/mol. The van der Waals surface area contributed by atoms with Crippen molar-refractivity contribution >= 4 is 0 Å². The molecule has 0 aliphatic heterocycles. The van der Waals surface area contributed by atoms with E-state index in [1.807, 2.05) is 12.1 Å². The second kappa shape index (κ2) is 4.91. The monoisotopic (exact) mass is 239 g/mol. The van der Waals surface area contributed by atoms with Gasteiger partial charge in [-0.15, -0.1) is 0 Å². The van der Waals surface area contributed by atoms with Crippen LogP contribution in [0, 0.1) is 0 Å². The normalized spacial score (nSPS) is 23.2. The summed E-state index contributed by atoms with van der Waals surface area (Å²) in [7, 11) is 0. The fourth-order valence-corrected chi connectivity index (χ4v) is 2.80. The standard InChI is InChI=1S/C16H17NO/c18-15-9-8-13(12-5-2-1-3-6-12)11-14-7-4-10-17-16(14)15/h1-7,10,13,15,18H,8-9,11H2/t13-,15+/m1/s1. The summed E-state index contributed by atoms with van der Waals surface area (Å²) in [6, 6.07) is 14.6. The number of nitrogens with zero attached hydrogens (tertiary/aromatic N) is 1. The zero-order chi connectivity index (χ0) is 12.4. The average molecular weight is 239 g/mol. The van der Waals surface area contributed by atoms with Crippen molar-refractivity contribution in [3.63, 3.8) is 0 Å². The molecule has 0 bridgehead atoms. The molecule has 1 aliphatic carbocycles. The molecule has 1 heterocycles. The lowest BCUT2D eigenvalue weighted by Crippen LogP contribution is -2.02. The predicted molar refractivity (Wildman–Crippen MR) is 71.3 cm³/mol. The summed E-state index contributed by atoms with van der Waals surface area (Å²) < 4.78 is 0. The fraction of sp³-hybridized carbons (Fsp3) is 0.312. The lowest BCUT2D eigenvalue weighted by atomic mass is 9.90. The van der Waals surface area contributed by atoms with E-state index in [1.54, 1.807) is 6.20 Å². The number of benzene rings is 1. The summed E-state index contributed by atoms with van der Waals surface area (Å²) in [5, 5.41) is 10.1. The van der Waals surface area contributed by atoms with Gasteiger partial charge in [-0.2, -0.15) is 0 Å². The molecule has 0 amide bonds. The van der Waals surface area contributed by atoms with Gasteiger partial charge in [0.25, 0.3) is 0 Å². The van der Waals surface area contributed by atoms with E-state index in [0.717, 1.165) is 25.0 Å². The Balaban J connectivity index is 1.94. The Morgan fingerprint density at radius 3 is 2.67 bits per heavy atom. The first kappa shape index (κ1) is 11.4. The van der Waals surface area contributed by atoms with E-state index < -0.39 is 6.10 Å². The van der Waals surface area contributed by atoms with Crippen LogP contribution in [0.15, 0.2) is 48.7 Å². The van der Waals surface area contributed by atoms with Crippen LogP contribution < -0.4 is 0 Å². The van der Waals surface area contributed by atoms with Gasteiger partial charge in [-0.1, -0.05) is 36.4 Å². The van der Waals surface area contributed by atoms with Crippen molar-refractivity contribution in [1.82, 2.24) is 4.98 Å². The zero-order valence-corrected chi connectivity index (χ0v) is 10.3. The van der Waals surface area contributed by atoms with Crippen LogP contribution in [0.2, 0.25) is 0 Å². The smallest absolute Gasteiger partial charge is 0.0962 e. The Morgan fingerprint density at radius 2 is 1.83 bits per heavy atom. The molecule has 0 saturated heterocycles. The molecule has 1 aromatic heterocycles. The fourth-order valence-electron chi connectivity index (χ4n) is 2.80. The van der Waals surface area contributed by atoms with Crippen molar-refractivity contribution in [2.75, 3.05) is 0 Å². The lowest BCUT2D eigenvalue weighted by Gasteiger charge is -2.14. The Kier molecular flexibility index (Phi) is 3.11. The Morgan fingerprint density at radius 1 is 1.00 bits per heavy atom. The van der Waals surface area contributed by atoms with E-state index in [4.69, 9.17) is 0 Å². The third-order valence-electron chi connectivity index (χ3n) is 3.77. The van der Waals surface area contributed by atoms with Gasteiger partial charge in [0.05, 0.1) is 11.8 Å². The first-order valence-corrected chi connectivity index (χ1v) is 6.51. The summed E-state index contributed by atoms with van der Waals surface area (Å²) in [5.41, 5.74) is 3.42. The van der Waals surface area contributed by atoms with Crippen molar-refractivity contribution in [1.29, 1.82) is 0 Å². The first-order valence-electron chi connectivity index (χ1n) is 6.51. The van der Waals surface area contributed by atoms with E-state index in [1.165, 1.54) is 11.1 Å². The van der Waals surface area contributed by atoms with Crippen molar-refractivity contribution in [3.8, 4) is 0 Å². The number of fused-ring (bicyclic) bond motifs is 1. The maximum absolute atomic E-state index is 10.1. The average Bonchev–Trinajstić information content (AvgIpc) is 2.60. The minimum atomic E-state index is -0.407. The Labute approximate surface area is 107 Å². The molecular formula is C16H17NO. The second-order valence-corrected chi connectivity index (χ2v) is 4.95. The Bertz CT molecular complexity index is 524. The number of pyridine rings is 1. The van der Waals surface area contributed by atoms with Gasteiger partial charge in [0.15, 0.2) is 0 Å². The highest BCUT2D eigenvalue weighted by Crippen LogP contribution is 2.34. The molecule has 3 rings (SSSR count). The van der Waals surface area contributed by atoms with E-state index in [0.29, 0.717) is 5.92 Å². The van der Waals surface area contributed by atoms with Gasteiger partial charge in [-0.25, -0.2) is 0 Å². The van der Waals surface area contributed by atoms with E-state index in [2.05, 4.69) is 35.3 Å². The molecule has 0 unspecified atom stereocenters. The molecule has 0 spiro atoms. The summed E-state index contributed by atoms with van der Waals surface area (Å²) in [4.78, 5) is 4.34. The van der Waals surface area contributed by atoms with Gasteiger partial charge in [-0.05, 0) is 42.4 Å². The van der Waals surface area contributed by atoms with Gasteiger partial charge in [0.2, 0.25) is 0 Å². The summed E-state index contributed by atoms with van der Waals surface area (Å²) >= 11 is 0. The van der Waals surface area contributed by atoms with Gasteiger partial charge < -0.3 is 5.11 Å². The third kappa shape index (κ3) is 2.16. The maximum Gasteiger partial charge on any atom is 0.0962 e. The molecule has 0 saturated carbocycles. The minimum absolute atomic E-state index is 0.407. The number of rotatable bonds is 1. The molecule has 0 radical (unpaired) electrons. The number of aliphatic hydroxyl groups excluding tert-OH is 1. The van der Waals surface area contributed by atoms with Crippen LogP contribution in [0.5, 0.6) is 0 Å². The Hall–Kier alpha value is -1.67. The highest BCUT2D eigenvalue weighted by atomic mass is 16.3. The maximum atomic E-state index is 10.1. The van der Waals surface area contributed by atoms with Gasteiger partial charge in [-0.3, -0.25) is 4.98 Å². The summed E-state index contributed by atoms with van der Waals surface area (Å²) in [6.07, 6.45) is 4.15. The van der Waals surface area contributed by atoms with Gasteiger partial charge >= 0.3 is 0 Å². The van der Waals surface area contributed by atoms with Crippen LogP contribution in [-0.4, -0.2) is 10.1 Å². The molecule has 2 atom stereocenters. The number of hydrogen-bond donors (Lipinski definition) is 1. The topological polar surface area (TPSA) is 33.1 Å². The summed E-state index contributed by atoms with van der Waals surface area (Å²) in [5.74, 6) is 0.492. The van der Waals surface area contributed by atoms with Crippen LogP contribution in [0.25, 0.3) is 0 Å². The molecule has 2 aromatic rings. The van der Waals surface area contributed by atoms with Crippen molar-refractivity contribution < 1.29 is 5.11 Å². The molecule has 2 nitrogen and oxygen atoms in total. The van der Waals surface area contributed by atoms with Crippen LogP contribution in [-0.2, 0) is 6.42 Å². The SMILES string of the molecule is O[C@H]1CC[C@@H](c2ccccc2)Cc2cccnc21. The number of hydrogen-bond acceptors (Lipinski definition) is 2. The van der Waals surface area contributed by atoms with E-state index >= 15 is 0 Å². The van der Waals surface area contributed by atoms with Crippen molar-refractivity contribution in [2.24, 2.45) is 0 Å². The highest BCUT2D eigenvalue weighted by Gasteiger charge is 2.23. The van der Waals surface area contributed by atoms with Crippen LogP contribution in [0.3, 0.4) is 0 Å². The molecule has 1 aliphatic rings. The molecule has 2 heteroatoms. The molecule has 18 heavy (non-hydrogen) atoms. The third-order valence-corrected chi connectivity index (χ3v) is 3.77. The number of aromatic nitrogens is 1. The van der Waals surface area contributed by atoms with Crippen LogP contribution in [0.4, 0.5) is 0 Å². The van der Waals surface area contributed by atoms with Gasteiger partial charge in [0.1, 0.15) is 0 Å². The summed E-state index contributed by atoms with van der Waals surface area (Å²) in [6.45, 7) is 0. The second-order valence-electron chi connectivity index (χ2n) is 4.95. The quantitative estimate of drug-likeness (QED) is 0.775. The largest absolute Gasteiger partial charge is 0.387 e. The van der Waals surface area contributed by atoms with Crippen LogP contribution >= 0.6 is 0 Å². The highest BCUT2D eigenvalue weighted by molar-refractivity contribution is 5.29. The van der Waals surface area contributed by atoms with Crippen molar-refractivity contribution in [2.45, 2.75) is 31.3 Å². The molecule has 0 fully saturated rings. The first-order chi connectivity index (χ1) is 8.84. The molecule has 1 N–H and O–H groups in total. The zero-order valence-electron chi connectivity index (χ0n) is 10.3. The molecule has 1 aromatic carbocycles. The predicted octanol–water partition coefficient (Wildman–Crippen LogP) is 3.24. The molecule has 92 valence electrons. The minimum Gasteiger partial charge on any atom is -0.387 e. The van der Waals surface area contributed by atoms with Crippen molar-refractivity contribution in [3.05, 3.63) is 65.5 Å². The van der Waals surface area contributed by atoms with Crippen LogP contribution in [0.1, 0.15) is 41.7 Å². The van der Waals surface area contributed by atoms with E-state index in [9.17, 15) is 5.11 Å². The lowest BCUT2D eigenvalue weighted by molar-refractivity contribution is 0.160. The van der Waals surface area contributed by atoms with Gasteiger partial charge in [0, 0.05) is 6.20 Å². The number of aliphatic hydroxyl groups is 1.